The van der Waals surface area contributed by atoms with Crippen LogP contribution >= 0.6 is 23.4 Å². The largest absolute Gasteiger partial charge is 0.495 e. The van der Waals surface area contributed by atoms with Crippen LogP contribution in [0.15, 0.2) is 35.9 Å². The average Bonchev–Trinajstić information content (AvgIpc) is 3.92. The fourth-order valence-electron chi connectivity index (χ4n) is 8.15. The summed E-state index contributed by atoms with van der Waals surface area (Å²) in [5.41, 5.74) is -0.980. The Morgan fingerprint density at radius 3 is 2.45 bits per heavy atom. The number of allylic oxidation sites excluding steroid dienone is 3. The number of aliphatic hydroxyl groups is 1. The van der Waals surface area contributed by atoms with Crippen molar-refractivity contribution in [2.75, 3.05) is 46.0 Å². The summed E-state index contributed by atoms with van der Waals surface area (Å²) in [5.74, 6) is -1.31. The summed E-state index contributed by atoms with van der Waals surface area (Å²) in [6, 6.07) is 3.20. The number of methoxy groups -OCH3 is 2. The molecule has 3 aliphatic rings. The molecule has 0 unspecified atom stereocenters. The number of carbonyl (C=O) groups excluding carboxylic acids is 5. The molecule has 2 fully saturated rings. The van der Waals surface area contributed by atoms with Gasteiger partial charge in [0.1, 0.15) is 46.5 Å². The molecule has 358 valence electrons. The zero-order chi connectivity index (χ0) is 48.1. The van der Waals surface area contributed by atoms with Gasteiger partial charge in [0.2, 0.25) is 11.8 Å². The molecule has 1 aromatic rings. The molecule has 2 saturated heterocycles. The third-order valence-electron chi connectivity index (χ3n) is 12.8. The van der Waals surface area contributed by atoms with Crippen LogP contribution < -0.4 is 9.64 Å². The summed E-state index contributed by atoms with van der Waals surface area (Å²) in [4.78, 5) is 81.8. The number of amides is 3. The normalized spacial score (nSPS) is 28.6. The topological polar surface area (TPSA) is 185 Å². The minimum Gasteiger partial charge on any atom is -0.495 e. The third-order valence-corrected chi connectivity index (χ3v) is 16.2. The van der Waals surface area contributed by atoms with Crippen molar-refractivity contribution in [3.8, 4) is 5.75 Å². The lowest BCUT2D eigenvalue weighted by Crippen LogP contribution is -2.64. The standard InChI is InChI=1S/C46H70ClN3O12SSi/c1-28-16-14-18-36(59-11)46(56)26-35(60-43(55)50(46)9)29(2)41-45(6,62-41)37(25-39(53)49(8)33-23-31(22-28)24-34(58-10)40(33)47)61-42(54)30(3)48(7)38(52)19-20-44(4,5)63-27-32(51)17-15-21-64(12,13)57/h14,16,18,23-24,29-30,35-37,41,56-57H,15,17,19-22,25-27H2,1-13H3/b18-14+,28-16+/t29-,30+,35+,36-,37+,41+,45-,46+/m1/s1. The van der Waals surface area contributed by atoms with Gasteiger partial charge >= 0.3 is 12.1 Å². The summed E-state index contributed by atoms with van der Waals surface area (Å²) < 4.78 is 29.3. The number of nitrogens with zero attached hydrogens (tertiary/aromatic N) is 3. The Morgan fingerprint density at radius 2 is 1.83 bits per heavy atom. The number of epoxide rings is 1. The van der Waals surface area contributed by atoms with Crippen molar-refractivity contribution in [3.05, 3.63) is 46.5 Å². The molecule has 0 spiro atoms. The highest BCUT2D eigenvalue weighted by Gasteiger charge is 2.65. The van der Waals surface area contributed by atoms with Gasteiger partial charge in [-0.3, -0.25) is 19.3 Å². The molecular weight excluding hydrogens is 882 g/mol. The second-order valence-corrected chi connectivity index (χ2v) is 25.2. The molecule has 0 aromatic heterocycles. The lowest BCUT2D eigenvalue weighted by atomic mass is 9.83. The maximum Gasteiger partial charge on any atom is 0.412 e. The van der Waals surface area contributed by atoms with E-state index >= 15 is 0 Å². The Balaban J connectivity index is 1.60. The SMILES string of the molecule is COc1cc2cc(c1Cl)N(C)C(=O)C[C@H](OC(=O)[C@H](C)N(C)C(=O)CCC(C)(C)SCC(=O)CCC[Si](C)(C)O)[C@@]1(C)O[C@H]1[C@H](C)[C@@H]1C[C@](O)([C@H](OC)/C=C/C=C(\C)C2)N(C)C(=O)O1. The zero-order valence-corrected chi connectivity index (χ0v) is 42.4. The van der Waals surface area contributed by atoms with Crippen LogP contribution in [0.5, 0.6) is 5.75 Å². The van der Waals surface area contributed by atoms with Crippen molar-refractivity contribution in [2.45, 2.75) is 152 Å². The maximum atomic E-state index is 14.3. The van der Waals surface area contributed by atoms with E-state index in [-0.39, 0.29) is 36.0 Å². The highest BCUT2D eigenvalue weighted by molar-refractivity contribution is 8.01. The Bertz CT molecular complexity index is 1960. The lowest BCUT2D eigenvalue weighted by molar-refractivity contribution is -0.201. The first-order chi connectivity index (χ1) is 29.7. The minimum absolute atomic E-state index is 0.0475. The average molecular weight is 953 g/mol. The van der Waals surface area contributed by atoms with E-state index in [0.29, 0.717) is 48.9 Å². The number of benzene rings is 1. The van der Waals surface area contributed by atoms with E-state index in [9.17, 15) is 33.9 Å². The predicted molar refractivity (Wildman–Crippen MR) is 250 cm³/mol. The van der Waals surface area contributed by atoms with Gasteiger partial charge in [-0.15, -0.1) is 11.8 Å². The quantitative estimate of drug-likeness (QED) is 0.108. The van der Waals surface area contributed by atoms with Crippen molar-refractivity contribution < 1.29 is 57.6 Å². The molecule has 3 aliphatic heterocycles. The number of Topliss-reactive ketones (excluding diaryl/α,β-unsaturated/α-hetero) is 1. The van der Waals surface area contributed by atoms with E-state index in [1.54, 1.807) is 52.1 Å². The van der Waals surface area contributed by atoms with Crippen molar-refractivity contribution in [3.63, 3.8) is 0 Å². The van der Waals surface area contributed by atoms with E-state index in [4.69, 9.17) is 35.3 Å². The van der Waals surface area contributed by atoms with Crippen molar-refractivity contribution in [1.29, 1.82) is 0 Å². The van der Waals surface area contributed by atoms with Gasteiger partial charge in [0.05, 0.1) is 31.1 Å². The van der Waals surface area contributed by atoms with Crippen LogP contribution in [0.25, 0.3) is 0 Å². The van der Waals surface area contributed by atoms with E-state index in [1.807, 2.05) is 39.9 Å². The number of ether oxygens (including phenoxy) is 5. The Labute approximate surface area is 389 Å². The van der Waals surface area contributed by atoms with Gasteiger partial charge in [0, 0.05) is 58.2 Å². The fraction of sp³-hybridized carbons (Fsp3) is 0.674. The summed E-state index contributed by atoms with van der Waals surface area (Å²) in [6.07, 6.45) is 2.52. The molecule has 15 nitrogen and oxygen atoms in total. The molecule has 18 heteroatoms. The first-order valence-electron chi connectivity index (χ1n) is 21.9. The fourth-order valence-corrected chi connectivity index (χ4v) is 10.4. The molecule has 2 N–H and O–H groups in total. The molecule has 0 saturated carbocycles. The minimum atomic E-state index is -2.21. The maximum absolute atomic E-state index is 14.3. The molecule has 0 radical (unpaired) electrons. The number of hydrogen-bond donors (Lipinski definition) is 2. The van der Waals surface area contributed by atoms with E-state index in [2.05, 4.69) is 0 Å². The molecule has 64 heavy (non-hydrogen) atoms. The summed E-state index contributed by atoms with van der Waals surface area (Å²) in [6.45, 7) is 14.7. The zero-order valence-electron chi connectivity index (χ0n) is 39.8. The van der Waals surface area contributed by atoms with Crippen LogP contribution in [-0.4, -0.2) is 145 Å². The number of halogens is 1. The van der Waals surface area contributed by atoms with Gasteiger partial charge in [-0.05, 0) is 76.9 Å². The van der Waals surface area contributed by atoms with Crippen molar-refractivity contribution >= 4 is 67.0 Å². The van der Waals surface area contributed by atoms with Crippen LogP contribution in [-0.2, 0) is 44.5 Å². The van der Waals surface area contributed by atoms with E-state index < -0.39 is 78.7 Å². The Kier molecular flexibility index (Phi) is 17.8. The van der Waals surface area contributed by atoms with Crippen LogP contribution in [0.1, 0.15) is 85.6 Å². The highest BCUT2D eigenvalue weighted by atomic mass is 35.5. The molecule has 3 heterocycles. The second kappa shape index (κ2) is 21.5. The molecular formula is C46H70ClN3O12SSi. The van der Waals surface area contributed by atoms with Gasteiger partial charge in [-0.2, -0.15) is 0 Å². The van der Waals surface area contributed by atoms with Gasteiger partial charge in [-0.1, -0.05) is 56.2 Å². The van der Waals surface area contributed by atoms with Crippen LogP contribution in [0.4, 0.5) is 10.5 Å². The number of thioether (sulfide) groups is 1. The summed E-state index contributed by atoms with van der Waals surface area (Å²) in [7, 11) is 5.25. The van der Waals surface area contributed by atoms with E-state index in [0.717, 1.165) is 16.0 Å². The van der Waals surface area contributed by atoms with Gasteiger partial charge in [0.25, 0.3) is 0 Å². The Hall–Kier alpha value is -3.45. The van der Waals surface area contributed by atoms with Crippen molar-refractivity contribution in [1.82, 2.24) is 9.80 Å². The number of likely N-dealkylation sites (N-methyl/N-ethyl adjacent to an activating group) is 2. The van der Waals surface area contributed by atoms with Crippen LogP contribution in [0.2, 0.25) is 24.2 Å². The molecule has 0 aliphatic carbocycles. The first kappa shape index (κ1) is 53.2. The van der Waals surface area contributed by atoms with Crippen molar-refractivity contribution in [2.24, 2.45) is 5.92 Å². The lowest BCUT2D eigenvalue weighted by Gasteiger charge is -2.47. The Morgan fingerprint density at radius 1 is 1.16 bits per heavy atom. The first-order valence-corrected chi connectivity index (χ1v) is 26.4. The smallest absolute Gasteiger partial charge is 0.412 e. The molecule has 4 bridgehead atoms. The van der Waals surface area contributed by atoms with Crippen LogP contribution in [0.3, 0.4) is 0 Å². The number of anilines is 1. The number of ketones is 1. The molecule has 8 atom stereocenters. The van der Waals surface area contributed by atoms with Gasteiger partial charge in [-0.25, -0.2) is 9.59 Å². The van der Waals surface area contributed by atoms with Crippen LogP contribution in [0, 0.1) is 5.92 Å². The molecule has 1 aromatic carbocycles. The molecule has 4 rings (SSSR count). The molecule has 3 amide bonds. The summed E-state index contributed by atoms with van der Waals surface area (Å²) >= 11 is 8.30. The van der Waals surface area contributed by atoms with E-state index in [1.165, 1.54) is 49.9 Å². The van der Waals surface area contributed by atoms with Gasteiger partial charge in [0.15, 0.2) is 14.0 Å². The monoisotopic (exact) mass is 951 g/mol. The number of hydrogen-bond acceptors (Lipinski definition) is 13. The number of rotatable bonds is 15. The highest BCUT2D eigenvalue weighted by Crippen LogP contribution is 2.50. The van der Waals surface area contributed by atoms with Gasteiger partial charge < -0.3 is 43.4 Å². The number of carbonyl (C=O) groups is 5. The second-order valence-electron chi connectivity index (χ2n) is 19.0. The third kappa shape index (κ3) is 13.1. The number of esters is 1. The predicted octanol–water partition coefficient (Wildman–Crippen LogP) is 6.70. The summed E-state index contributed by atoms with van der Waals surface area (Å²) in [5, 5.41) is 12.3. The number of fused-ring (bicyclic) bond motifs is 5.